The SMILES string of the molecule is CC(NC(=O)c1ccc2nc(-c3ccccc3)n(Cc3ccccc3)c2c1)c1nc2ccccc2[nH]1. The van der Waals surface area contributed by atoms with Crippen molar-refractivity contribution >= 4 is 28.0 Å². The Morgan fingerprint density at radius 2 is 1.58 bits per heavy atom. The number of benzene rings is 4. The molecule has 36 heavy (non-hydrogen) atoms. The number of carbonyl (C=O) groups is 1. The van der Waals surface area contributed by atoms with Crippen molar-refractivity contribution in [3.63, 3.8) is 0 Å². The van der Waals surface area contributed by atoms with Crippen LogP contribution in [0.1, 0.15) is 34.7 Å². The quantitative estimate of drug-likeness (QED) is 0.307. The summed E-state index contributed by atoms with van der Waals surface area (Å²) in [6, 6.07) is 33.7. The molecule has 2 aromatic heterocycles. The van der Waals surface area contributed by atoms with Gasteiger partial charge in [-0.3, -0.25) is 4.79 Å². The predicted octanol–water partition coefficient (Wildman–Crippen LogP) is 6.12. The Kier molecular flexibility index (Phi) is 5.54. The van der Waals surface area contributed by atoms with Crippen LogP contribution in [0.25, 0.3) is 33.5 Å². The summed E-state index contributed by atoms with van der Waals surface area (Å²) in [6.07, 6.45) is 0. The zero-order valence-corrected chi connectivity index (χ0v) is 19.8. The van der Waals surface area contributed by atoms with E-state index in [1.165, 1.54) is 5.56 Å². The summed E-state index contributed by atoms with van der Waals surface area (Å²) in [6.45, 7) is 2.59. The van der Waals surface area contributed by atoms with Crippen LogP contribution in [0, 0.1) is 0 Å². The summed E-state index contributed by atoms with van der Waals surface area (Å²) >= 11 is 0. The highest BCUT2D eigenvalue weighted by Gasteiger charge is 2.18. The number of nitrogens with one attached hydrogen (secondary N) is 2. The normalized spacial score (nSPS) is 12.1. The van der Waals surface area contributed by atoms with Crippen LogP contribution in [0.3, 0.4) is 0 Å². The summed E-state index contributed by atoms with van der Waals surface area (Å²) in [5, 5.41) is 3.08. The fourth-order valence-electron chi connectivity index (χ4n) is 4.52. The van der Waals surface area contributed by atoms with Crippen LogP contribution in [0.15, 0.2) is 103 Å². The molecule has 6 rings (SSSR count). The highest BCUT2D eigenvalue weighted by molar-refractivity contribution is 5.98. The van der Waals surface area contributed by atoms with Crippen LogP contribution in [0.5, 0.6) is 0 Å². The van der Waals surface area contributed by atoms with Crippen LogP contribution >= 0.6 is 0 Å². The van der Waals surface area contributed by atoms with Gasteiger partial charge in [0.15, 0.2) is 0 Å². The number of aromatic nitrogens is 4. The van der Waals surface area contributed by atoms with E-state index in [1.807, 2.05) is 85.8 Å². The van der Waals surface area contributed by atoms with Crippen LogP contribution in [0.2, 0.25) is 0 Å². The van der Waals surface area contributed by atoms with Crippen molar-refractivity contribution in [2.75, 3.05) is 0 Å². The minimum absolute atomic E-state index is 0.154. The highest BCUT2D eigenvalue weighted by atomic mass is 16.1. The second-order valence-corrected chi connectivity index (χ2v) is 8.91. The number of carbonyl (C=O) groups excluding carboxylic acids is 1. The van der Waals surface area contributed by atoms with E-state index in [0.29, 0.717) is 12.1 Å². The number of fused-ring (bicyclic) bond motifs is 2. The third kappa shape index (κ3) is 4.14. The molecule has 0 radical (unpaired) electrons. The fraction of sp³-hybridized carbons (Fsp3) is 0.100. The number of hydrogen-bond donors (Lipinski definition) is 2. The van der Waals surface area contributed by atoms with Gasteiger partial charge in [-0.25, -0.2) is 9.97 Å². The van der Waals surface area contributed by atoms with Crippen molar-refractivity contribution in [2.45, 2.75) is 19.5 Å². The van der Waals surface area contributed by atoms with E-state index in [9.17, 15) is 4.79 Å². The maximum atomic E-state index is 13.3. The van der Waals surface area contributed by atoms with E-state index in [0.717, 1.165) is 39.3 Å². The molecule has 0 bridgehead atoms. The first-order valence-electron chi connectivity index (χ1n) is 12.0. The van der Waals surface area contributed by atoms with E-state index in [2.05, 4.69) is 44.1 Å². The van der Waals surface area contributed by atoms with E-state index in [4.69, 9.17) is 4.98 Å². The van der Waals surface area contributed by atoms with Crippen molar-refractivity contribution in [1.82, 2.24) is 24.8 Å². The fourth-order valence-corrected chi connectivity index (χ4v) is 4.52. The molecule has 1 unspecified atom stereocenters. The van der Waals surface area contributed by atoms with Crippen LogP contribution < -0.4 is 5.32 Å². The second-order valence-electron chi connectivity index (χ2n) is 8.91. The van der Waals surface area contributed by atoms with E-state index >= 15 is 0 Å². The van der Waals surface area contributed by atoms with Crippen molar-refractivity contribution in [3.05, 3.63) is 120 Å². The summed E-state index contributed by atoms with van der Waals surface area (Å²) in [4.78, 5) is 26.1. The second kappa shape index (κ2) is 9.15. The Morgan fingerprint density at radius 3 is 2.36 bits per heavy atom. The van der Waals surface area contributed by atoms with Gasteiger partial charge in [0.25, 0.3) is 5.91 Å². The summed E-state index contributed by atoms with van der Waals surface area (Å²) in [7, 11) is 0. The average molecular weight is 472 g/mol. The first-order valence-corrected chi connectivity index (χ1v) is 12.0. The van der Waals surface area contributed by atoms with E-state index in [1.54, 1.807) is 0 Å². The van der Waals surface area contributed by atoms with Gasteiger partial charge in [0.1, 0.15) is 11.6 Å². The minimum Gasteiger partial charge on any atom is -0.342 e. The maximum Gasteiger partial charge on any atom is 0.251 e. The molecular weight excluding hydrogens is 446 g/mol. The molecule has 0 aliphatic heterocycles. The zero-order chi connectivity index (χ0) is 24.5. The third-order valence-corrected chi connectivity index (χ3v) is 6.39. The summed E-state index contributed by atoms with van der Waals surface area (Å²) in [5.74, 6) is 1.45. The minimum atomic E-state index is -0.269. The number of amides is 1. The number of para-hydroxylation sites is 2. The predicted molar refractivity (Wildman–Crippen MR) is 143 cm³/mol. The number of rotatable bonds is 6. The molecule has 0 saturated carbocycles. The smallest absolute Gasteiger partial charge is 0.251 e. The van der Waals surface area contributed by atoms with Crippen LogP contribution in [-0.2, 0) is 6.54 Å². The molecule has 0 saturated heterocycles. The largest absolute Gasteiger partial charge is 0.342 e. The Bertz CT molecular complexity index is 1630. The Hall–Kier alpha value is -4.71. The first-order chi connectivity index (χ1) is 17.7. The summed E-state index contributed by atoms with van der Waals surface area (Å²) < 4.78 is 2.18. The molecule has 4 aromatic carbocycles. The lowest BCUT2D eigenvalue weighted by molar-refractivity contribution is 0.0938. The van der Waals surface area contributed by atoms with Gasteiger partial charge in [-0.05, 0) is 42.8 Å². The van der Waals surface area contributed by atoms with Crippen LogP contribution in [-0.4, -0.2) is 25.4 Å². The topological polar surface area (TPSA) is 75.6 Å². The van der Waals surface area contributed by atoms with Gasteiger partial charge in [0, 0.05) is 17.7 Å². The summed E-state index contributed by atoms with van der Waals surface area (Å²) in [5.41, 5.74) is 6.39. The highest BCUT2D eigenvalue weighted by Crippen LogP contribution is 2.27. The molecule has 6 nitrogen and oxygen atoms in total. The monoisotopic (exact) mass is 471 g/mol. The number of aromatic amines is 1. The molecule has 0 fully saturated rings. The Labute approximate surface area is 208 Å². The molecule has 1 amide bonds. The Morgan fingerprint density at radius 1 is 0.861 bits per heavy atom. The van der Waals surface area contributed by atoms with Gasteiger partial charge in [0.05, 0.1) is 28.1 Å². The molecular formula is C30H25N5O. The lowest BCUT2D eigenvalue weighted by atomic mass is 10.1. The molecule has 2 N–H and O–H groups in total. The van der Waals surface area contributed by atoms with Gasteiger partial charge in [0.2, 0.25) is 0 Å². The number of imidazole rings is 2. The van der Waals surface area contributed by atoms with Gasteiger partial charge >= 0.3 is 0 Å². The van der Waals surface area contributed by atoms with Gasteiger partial charge < -0.3 is 14.9 Å². The first kappa shape index (κ1) is 21.8. The molecule has 1 atom stereocenters. The third-order valence-electron chi connectivity index (χ3n) is 6.39. The molecule has 6 heteroatoms. The standard InChI is InChI=1S/C30H25N5O/c1-20(28-32-24-14-8-9-15-25(24)33-28)31-30(36)23-16-17-26-27(18-23)35(19-21-10-4-2-5-11-21)29(34-26)22-12-6-3-7-13-22/h2-18,20H,19H2,1H3,(H,31,36)(H,32,33). The van der Waals surface area contributed by atoms with E-state index in [-0.39, 0.29) is 11.9 Å². The van der Waals surface area contributed by atoms with Gasteiger partial charge in [-0.15, -0.1) is 0 Å². The molecule has 0 spiro atoms. The zero-order valence-electron chi connectivity index (χ0n) is 19.8. The van der Waals surface area contributed by atoms with Gasteiger partial charge in [-0.1, -0.05) is 72.8 Å². The van der Waals surface area contributed by atoms with Crippen molar-refractivity contribution in [1.29, 1.82) is 0 Å². The Balaban J connectivity index is 1.35. The molecule has 2 heterocycles. The van der Waals surface area contributed by atoms with Crippen LogP contribution in [0.4, 0.5) is 0 Å². The maximum absolute atomic E-state index is 13.3. The van der Waals surface area contributed by atoms with Crippen molar-refractivity contribution < 1.29 is 4.79 Å². The average Bonchev–Trinajstić information content (AvgIpc) is 3.51. The van der Waals surface area contributed by atoms with Crippen molar-refractivity contribution in [2.24, 2.45) is 0 Å². The lowest BCUT2D eigenvalue weighted by Crippen LogP contribution is -2.27. The molecule has 0 aliphatic rings. The lowest BCUT2D eigenvalue weighted by Gasteiger charge is -2.13. The molecule has 0 aliphatic carbocycles. The number of nitrogens with zero attached hydrogens (tertiary/aromatic N) is 3. The number of H-pyrrole nitrogens is 1. The number of hydrogen-bond acceptors (Lipinski definition) is 3. The van der Waals surface area contributed by atoms with Crippen molar-refractivity contribution in [3.8, 4) is 11.4 Å². The van der Waals surface area contributed by atoms with Gasteiger partial charge in [-0.2, -0.15) is 0 Å². The van der Waals surface area contributed by atoms with E-state index < -0.39 is 0 Å². The molecule has 6 aromatic rings. The molecule has 176 valence electrons.